The number of hydrogen-bond donors (Lipinski definition) is 1. The zero-order valence-electron chi connectivity index (χ0n) is 10.4. The standard InChI is InChI=1S/C14H13BrN4/c1-10(11-5-3-2-4-6-11)17-13-7-8-14-16-9-12(15)19(14)18-13/h2-10H,1H3,(H,17,18)/t10-/m1/s1. The second-order valence-corrected chi connectivity index (χ2v) is 5.16. The van der Waals surface area contributed by atoms with Gasteiger partial charge in [0.2, 0.25) is 0 Å². The van der Waals surface area contributed by atoms with E-state index in [1.54, 1.807) is 10.7 Å². The van der Waals surface area contributed by atoms with E-state index in [0.717, 1.165) is 16.1 Å². The fraction of sp³-hybridized carbons (Fsp3) is 0.143. The van der Waals surface area contributed by atoms with Gasteiger partial charge in [0.15, 0.2) is 5.65 Å². The quantitative estimate of drug-likeness (QED) is 0.801. The second kappa shape index (κ2) is 5.01. The van der Waals surface area contributed by atoms with Gasteiger partial charge in [0, 0.05) is 6.04 Å². The maximum absolute atomic E-state index is 4.50. The van der Waals surface area contributed by atoms with Crippen LogP contribution in [0.2, 0.25) is 0 Å². The molecule has 0 saturated heterocycles. The van der Waals surface area contributed by atoms with E-state index < -0.39 is 0 Å². The number of hydrogen-bond acceptors (Lipinski definition) is 3. The highest BCUT2D eigenvalue weighted by Crippen LogP contribution is 2.19. The molecule has 3 aromatic rings. The van der Waals surface area contributed by atoms with Crippen molar-refractivity contribution in [2.45, 2.75) is 13.0 Å². The molecule has 3 rings (SSSR count). The molecule has 96 valence electrons. The van der Waals surface area contributed by atoms with Crippen molar-refractivity contribution in [1.29, 1.82) is 0 Å². The van der Waals surface area contributed by atoms with E-state index in [4.69, 9.17) is 0 Å². The number of imidazole rings is 1. The number of rotatable bonds is 3. The first-order valence-corrected chi connectivity index (χ1v) is 6.85. The fourth-order valence-electron chi connectivity index (χ4n) is 1.97. The molecule has 0 unspecified atom stereocenters. The summed E-state index contributed by atoms with van der Waals surface area (Å²) in [6.07, 6.45) is 1.74. The van der Waals surface area contributed by atoms with E-state index in [2.05, 4.69) is 50.4 Å². The number of nitrogens with zero attached hydrogens (tertiary/aromatic N) is 3. The molecule has 0 radical (unpaired) electrons. The van der Waals surface area contributed by atoms with Crippen LogP contribution >= 0.6 is 15.9 Å². The Labute approximate surface area is 119 Å². The molecule has 0 fully saturated rings. The molecule has 0 bridgehead atoms. The highest BCUT2D eigenvalue weighted by molar-refractivity contribution is 9.10. The molecule has 2 aromatic heterocycles. The van der Waals surface area contributed by atoms with Crippen molar-refractivity contribution in [3.05, 3.63) is 58.8 Å². The Bertz CT molecular complexity index is 693. The molecule has 4 nitrogen and oxygen atoms in total. The van der Waals surface area contributed by atoms with E-state index in [0.29, 0.717) is 0 Å². The molecule has 2 heterocycles. The summed E-state index contributed by atoms with van der Waals surface area (Å²) in [6.45, 7) is 2.12. The van der Waals surface area contributed by atoms with Gasteiger partial charge in [0.1, 0.15) is 10.4 Å². The Kier molecular flexibility index (Phi) is 3.21. The zero-order chi connectivity index (χ0) is 13.2. The third kappa shape index (κ3) is 2.46. The molecular formula is C14H13BrN4. The lowest BCUT2D eigenvalue weighted by molar-refractivity contribution is 0.841. The summed E-state index contributed by atoms with van der Waals surface area (Å²) < 4.78 is 2.61. The Morgan fingerprint density at radius 2 is 1.95 bits per heavy atom. The average molecular weight is 317 g/mol. The van der Waals surface area contributed by atoms with Crippen molar-refractivity contribution in [2.75, 3.05) is 5.32 Å². The van der Waals surface area contributed by atoms with Crippen LogP contribution in [-0.4, -0.2) is 14.6 Å². The predicted octanol–water partition coefficient (Wildman–Crippen LogP) is 3.66. The maximum Gasteiger partial charge on any atom is 0.154 e. The van der Waals surface area contributed by atoms with Gasteiger partial charge in [-0.3, -0.25) is 0 Å². The third-order valence-electron chi connectivity index (χ3n) is 2.98. The van der Waals surface area contributed by atoms with Crippen molar-refractivity contribution in [3.63, 3.8) is 0 Å². The van der Waals surface area contributed by atoms with Crippen LogP contribution in [0.3, 0.4) is 0 Å². The molecule has 0 aliphatic heterocycles. The van der Waals surface area contributed by atoms with E-state index in [1.807, 2.05) is 30.3 Å². The van der Waals surface area contributed by atoms with Gasteiger partial charge in [0.25, 0.3) is 0 Å². The third-order valence-corrected chi connectivity index (χ3v) is 3.53. The van der Waals surface area contributed by atoms with Gasteiger partial charge in [-0.05, 0) is 40.5 Å². The molecule has 5 heteroatoms. The molecule has 19 heavy (non-hydrogen) atoms. The minimum absolute atomic E-state index is 0.202. The van der Waals surface area contributed by atoms with E-state index in [9.17, 15) is 0 Å². The van der Waals surface area contributed by atoms with Crippen molar-refractivity contribution >= 4 is 27.4 Å². The van der Waals surface area contributed by atoms with E-state index in [-0.39, 0.29) is 6.04 Å². The Hall–Kier alpha value is -1.88. The fourth-order valence-corrected chi connectivity index (χ4v) is 2.33. The highest BCUT2D eigenvalue weighted by atomic mass is 79.9. The summed E-state index contributed by atoms with van der Waals surface area (Å²) in [5.74, 6) is 0.822. The molecule has 0 aliphatic carbocycles. The van der Waals surface area contributed by atoms with Gasteiger partial charge in [-0.1, -0.05) is 30.3 Å². The Balaban J connectivity index is 1.87. The first kappa shape index (κ1) is 12.2. The lowest BCUT2D eigenvalue weighted by Crippen LogP contribution is -2.09. The number of anilines is 1. The SMILES string of the molecule is C[C@@H](Nc1ccc2ncc(Br)n2n1)c1ccccc1. The van der Waals surface area contributed by atoms with Crippen molar-refractivity contribution in [1.82, 2.24) is 14.6 Å². The summed E-state index contributed by atoms with van der Waals surface area (Å²) in [6, 6.07) is 14.4. The summed E-state index contributed by atoms with van der Waals surface area (Å²) >= 11 is 3.42. The van der Waals surface area contributed by atoms with Gasteiger partial charge in [-0.2, -0.15) is 0 Å². The predicted molar refractivity (Wildman–Crippen MR) is 79.2 cm³/mol. The van der Waals surface area contributed by atoms with Crippen LogP contribution in [0.25, 0.3) is 5.65 Å². The molecule has 1 N–H and O–H groups in total. The Morgan fingerprint density at radius 1 is 1.16 bits per heavy atom. The molecule has 0 amide bonds. The molecule has 0 spiro atoms. The summed E-state index contributed by atoms with van der Waals surface area (Å²) in [5.41, 5.74) is 2.05. The topological polar surface area (TPSA) is 42.2 Å². The van der Waals surface area contributed by atoms with Crippen LogP contribution in [0.5, 0.6) is 0 Å². The number of benzene rings is 1. The van der Waals surface area contributed by atoms with E-state index >= 15 is 0 Å². The molecule has 1 atom stereocenters. The van der Waals surface area contributed by atoms with Crippen LogP contribution in [0.15, 0.2) is 53.3 Å². The number of aromatic nitrogens is 3. The van der Waals surface area contributed by atoms with Gasteiger partial charge >= 0.3 is 0 Å². The maximum atomic E-state index is 4.50. The van der Waals surface area contributed by atoms with Crippen LogP contribution in [0, 0.1) is 0 Å². The molecular weight excluding hydrogens is 304 g/mol. The van der Waals surface area contributed by atoms with Crippen LogP contribution in [0.1, 0.15) is 18.5 Å². The molecule has 1 aromatic carbocycles. The van der Waals surface area contributed by atoms with Crippen LogP contribution in [-0.2, 0) is 0 Å². The van der Waals surface area contributed by atoms with E-state index in [1.165, 1.54) is 5.56 Å². The monoisotopic (exact) mass is 316 g/mol. The van der Waals surface area contributed by atoms with Gasteiger partial charge < -0.3 is 5.32 Å². The molecule has 0 saturated carbocycles. The van der Waals surface area contributed by atoms with Crippen LogP contribution < -0.4 is 5.32 Å². The average Bonchev–Trinajstić information content (AvgIpc) is 2.81. The number of nitrogens with one attached hydrogen (secondary N) is 1. The van der Waals surface area contributed by atoms with Crippen LogP contribution in [0.4, 0.5) is 5.82 Å². The zero-order valence-corrected chi connectivity index (χ0v) is 12.0. The Morgan fingerprint density at radius 3 is 2.74 bits per heavy atom. The van der Waals surface area contributed by atoms with Crippen molar-refractivity contribution in [3.8, 4) is 0 Å². The summed E-state index contributed by atoms with van der Waals surface area (Å²) in [5, 5.41) is 7.88. The number of halogens is 1. The van der Waals surface area contributed by atoms with Crippen molar-refractivity contribution in [2.24, 2.45) is 0 Å². The highest BCUT2D eigenvalue weighted by Gasteiger charge is 2.07. The van der Waals surface area contributed by atoms with Gasteiger partial charge in [-0.15, -0.1) is 5.10 Å². The second-order valence-electron chi connectivity index (χ2n) is 4.35. The van der Waals surface area contributed by atoms with Gasteiger partial charge in [-0.25, -0.2) is 9.50 Å². The first-order valence-electron chi connectivity index (χ1n) is 6.06. The number of fused-ring (bicyclic) bond motifs is 1. The minimum Gasteiger partial charge on any atom is -0.362 e. The normalized spacial score (nSPS) is 12.5. The first-order chi connectivity index (χ1) is 9.24. The lowest BCUT2D eigenvalue weighted by Gasteiger charge is -2.14. The smallest absolute Gasteiger partial charge is 0.154 e. The molecule has 0 aliphatic rings. The lowest BCUT2D eigenvalue weighted by atomic mass is 10.1. The summed E-state index contributed by atoms with van der Waals surface area (Å²) in [4.78, 5) is 4.22. The van der Waals surface area contributed by atoms with Gasteiger partial charge in [0.05, 0.1) is 6.20 Å². The summed E-state index contributed by atoms with van der Waals surface area (Å²) in [7, 11) is 0. The largest absolute Gasteiger partial charge is 0.362 e. The minimum atomic E-state index is 0.202. The van der Waals surface area contributed by atoms with Crippen molar-refractivity contribution < 1.29 is 0 Å².